The Morgan fingerprint density at radius 2 is 0.965 bits per heavy atom. The number of pyridine rings is 3. The Morgan fingerprint density at radius 3 is 1.61 bits per heavy atom. The average Bonchev–Trinajstić information content (AvgIpc) is 3.52. The van der Waals surface area contributed by atoms with E-state index in [9.17, 15) is 0 Å². The summed E-state index contributed by atoms with van der Waals surface area (Å²) in [6.07, 6.45) is 9.87. The normalized spacial score (nSPS) is 13.7. The van der Waals surface area contributed by atoms with Crippen molar-refractivity contribution in [1.29, 1.82) is 0 Å². The van der Waals surface area contributed by atoms with Crippen LogP contribution in [0.25, 0.3) is 83.9 Å². The van der Waals surface area contributed by atoms with Crippen molar-refractivity contribution in [2.75, 3.05) is 6.54 Å². The van der Waals surface area contributed by atoms with Gasteiger partial charge in [0.2, 0.25) is 0 Å². The molecule has 4 heteroatoms. The third-order valence-corrected chi connectivity index (χ3v) is 11.4. The number of nitrogens with zero attached hydrogens (tertiary/aromatic N) is 3. The van der Waals surface area contributed by atoms with E-state index in [0.717, 1.165) is 73.8 Å². The molecule has 1 aliphatic carbocycles. The number of fused-ring (bicyclic) bond motifs is 3. The van der Waals surface area contributed by atoms with E-state index in [1.54, 1.807) is 0 Å². The van der Waals surface area contributed by atoms with Crippen molar-refractivity contribution >= 4 is 5.57 Å². The fourth-order valence-electron chi connectivity index (χ4n) is 8.41. The standard InChI is InChI=1S/C53H40N4/c1-53(2)47-14-4-3-13-45(47)46-20-19-39(34-48(46)53)44-32-42(37-9-5-11-40(29-37)51-17-7-15-49(56-51)35-21-25-54-26-22-35)31-43(33-44)38-10-6-12-41(30-38)52-18-8-16-50(57-52)36-23-27-55-28-24-36/h3-27,29-34,55H,28H2,1-2H3. The van der Waals surface area contributed by atoms with Gasteiger partial charge in [0.05, 0.1) is 22.8 Å². The molecule has 0 saturated carbocycles. The molecule has 0 bridgehead atoms. The minimum absolute atomic E-state index is 0.0929. The molecule has 0 unspecified atom stereocenters. The van der Waals surface area contributed by atoms with Crippen molar-refractivity contribution in [3.63, 3.8) is 0 Å². The number of aromatic nitrogens is 3. The van der Waals surface area contributed by atoms with Gasteiger partial charge in [0.25, 0.3) is 0 Å². The molecule has 0 atom stereocenters. The number of allylic oxidation sites excluding steroid dienone is 2. The van der Waals surface area contributed by atoms with Crippen LogP contribution in [0, 0.1) is 0 Å². The van der Waals surface area contributed by atoms with E-state index in [-0.39, 0.29) is 5.41 Å². The van der Waals surface area contributed by atoms with Gasteiger partial charge in [-0.2, -0.15) is 0 Å². The summed E-state index contributed by atoms with van der Waals surface area (Å²) in [5, 5.41) is 3.24. The predicted octanol–water partition coefficient (Wildman–Crippen LogP) is 12.7. The zero-order chi connectivity index (χ0) is 38.3. The Labute approximate surface area is 334 Å². The van der Waals surface area contributed by atoms with Gasteiger partial charge in [-0.15, -0.1) is 0 Å². The molecule has 1 aliphatic heterocycles. The topological polar surface area (TPSA) is 50.7 Å². The molecule has 0 radical (unpaired) electrons. The molecular weight excluding hydrogens is 693 g/mol. The van der Waals surface area contributed by atoms with E-state index >= 15 is 0 Å². The molecule has 4 heterocycles. The second-order valence-corrected chi connectivity index (χ2v) is 15.3. The summed E-state index contributed by atoms with van der Waals surface area (Å²) in [6, 6.07) is 56.9. The smallest absolute Gasteiger partial charge is 0.0710 e. The molecule has 1 N–H and O–H groups in total. The summed E-state index contributed by atoms with van der Waals surface area (Å²) >= 11 is 0. The molecule has 2 aliphatic rings. The highest BCUT2D eigenvalue weighted by Gasteiger charge is 2.35. The Kier molecular flexibility index (Phi) is 8.53. The van der Waals surface area contributed by atoms with Gasteiger partial charge < -0.3 is 5.32 Å². The highest BCUT2D eigenvalue weighted by molar-refractivity contribution is 5.87. The number of nitrogens with one attached hydrogen (secondary N) is 1. The Hall–Kier alpha value is -7.17. The van der Waals surface area contributed by atoms with Crippen molar-refractivity contribution in [3.8, 4) is 78.3 Å². The van der Waals surface area contributed by atoms with Crippen LogP contribution < -0.4 is 5.32 Å². The largest absolute Gasteiger partial charge is 0.387 e. The molecule has 4 nitrogen and oxygen atoms in total. The molecule has 8 aromatic rings. The Morgan fingerprint density at radius 1 is 0.439 bits per heavy atom. The molecular formula is C53H40N4. The van der Waals surface area contributed by atoms with Crippen molar-refractivity contribution < 1.29 is 0 Å². The summed E-state index contributed by atoms with van der Waals surface area (Å²) in [5.41, 5.74) is 20.4. The zero-order valence-electron chi connectivity index (χ0n) is 31.9. The summed E-state index contributed by atoms with van der Waals surface area (Å²) in [6.45, 7) is 5.50. The predicted molar refractivity (Wildman–Crippen MR) is 235 cm³/mol. The highest BCUT2D eigenvalue weighted by atomic mass is 14.8. The maximum atomic E-state index is 5.10. The van der Waals surface area contributed by atoms with Gasteiger partial charge >= 0.3 is 0 Å². The first-order valence-electron chi connectivity index (χ1n) is 19.5. The van der Waals surface area contributed by atoms with Gasteiger partial charge in [0, 0.05) is 41.0 Å². The second-order valence-electron chi connectivity index (χ2n) is 15.3. The number of hydrogen-bond donors (Lipinski definition) is 1. The highest BCUT2D eigenvalue weighted by Crippen LogP contribution is 2.50. The van der Waals surface area contributed by atoms with Crippen LogP contribution in [0.2, 0.25) is 0 Å². The van der Waals surface area contributed by atoms with E-state index in [2.05, 4.69) is 182 Å². The summed E-state index contributed by atoms with van der Waals surface area (Å²) in [7, 11) is 0. The summed E-state index contributed by atoms with van der Waals surface area (Å²) in [5.74, 6) is 0. The maximum Gasteiger partial charge on any atom is 0.0710 e. The third kappa shape index (κ3) is 6.45. The molecule has 272 valence electrons. The van der Waals surface area contributed by atoms with Gasteiger partial charge in [-0.25, -0.2) is 9.97 Å². The Balaban J connectivity index is 1.09. The van der Waals surface area contributed by atoms with Crippen LogP contribution in [0.4, 0.5) is 0 Å². The van der Waals surface area contributed by atoms with Crippen molar-refractivity contribution in [3.05, 3.63) is 205 Å². The monoisotopic (exact) mass is 732 g/mol. The van der Waals surface area contributed by atoms with E-state index in [0.29, 0.717) is 0 Å². The quantitative estimate of drug-likeness (QED) is 0.177. The summed E-state index contributed by atoms with van der Waals surface area (Å²) in [4.78, 5) is 14.4. The average molecular weight is 733 g/mol. The molecule has 0 fully saturated rings. The number of dihydropyridines is 1. The lowest BCUT2D eigenvalue weighted by atomic mass is 9.81. The SMILES string of the molecule is CC1(C)c2ccccc2-c2ccc(-c3cc(-c4cccc(-c5cccc(C6=CCNC=C6)n5)c4)cc(-c4cccc(-c5cccc(-c6ccncc6)n5)c4)c3)cc21. The number of hydrogen-bond acceptors (Lipinski definition) is 4. The van der Waals surface area contributed by atoms with Gasteiger partial charge in [-0.05, 0) is 146 Å². The van der Waals surface area contributed by atoms with Crippen molar-refractivity contribution in [1.82, 2.24) is 20.3 Å². The van der Waals surface area contributed by atoms with E-state index in [4.69, 9.17) is 9.97 Å². The fourth-order valence-corrected chi connectivity index (χ4v) is 8.41. The minimum Gasteiger partial charge on any atom is -0.387 e. The van der Waals surface area contributed by atoms with Gasteiger partial charge in [0.15, 0.2) is 0 Å². The van der Waals surface area contributed by atoms with Crippen LogP contribution in [0.15, 0.2) is 188 Å². The fraction of sp³-hybridized carbons (Fsp3) is 0.0755. The van der Waals surface area contributed by atoms with Crippen LogP contribution in [0.1, 0.15) is 30.7 Å². The third-order valence-electron chi connectivity index (χ3n) is 11.4. The van der Waals surface area contributed by atoms with Gasteiger partial charge in [0.1, 0.15) is 0 Å². The summed E-state index contributed by atoms with van der Waals surface area (Å²) < 4.78 is 0. The minimum atomic E-state index is -0.0929. The van der Waals surface area contributed by atoms with Crippen LogP contribution in [-0.2, 0) is 5.41 Å². The van der Waals surface area contributed by atoms with Gasteiger partial charge in [-0.3, -0.25) is 4.98 Å². The molecule has 0 spiro atoms. The first-order chi connectivity index (χ1) is 28.0. The second kappa shape index (κ2) is 14.2. The van der Waals surface area contributed by atoms with Crippen LogP contribution in [-0.4, -0.2) is 21.5 Å². The van der Waals surface area contributed by atoms with E-state index in [1.165, 1.54) is 33.4 Å². The molecule has 0 saturated heterocycles. The van der Waals surface area contributed by atoms with Crippen LogP contribution in [0.3, 0.4) is 0 Å². The first kappa shape index (κ1) is 34.3. The molecule has 0 amide bonds. The number of rotatable bonds is 7. The molecule has 5 aromatic carbocycles. The van der Waals surface area contributed by atoms with Crippen LogP contribution >= 0.6 is 0 Å². The van der Waals surface area contributed by atoms with Crippen molar-refractivity contribution in [2.24, 2.45) is 0 Å². The van der Waals surface area contributed by atoms with Gasteiger partial charge in [-0.1, -0.05) is 105 Å². The molecule has 10 rings (SSSR count). The van der Waals surface area contributed by atoms with Crippen LogP contribution in [0.5, 0.6) is 0 Å². The molecule has 3 aromatic heterocycles. The lowest BCUT2D eigenvalue weighted by Crippen LogP contribution is -2.14. The lowest BCUT2D eigenvalue weighted by molar-refractivity contribution is 0.660. The zero-order valence-corrected chi connectivity index (χ0v) is 31.9. The lowest BCUT2D eigenvalue weighted by Gasteiger charge is -2.22. The maximum absolute atomic E-state index is 5.10. The van der Waals surface area contributed by atoms with Crippen molar-refractivity contribution in [2.45, 2.75) is 19.3 Å². The van der Waals surface area contributed by atoms with E-state index in [1.807, 2.05) is 30.7 Å². The number of benzene rings is 5. The molecule has 57 heavy (non-hydrogen) atoms. The van der Waals surface area contributed by atoms with E-state index < -0.39 is 0 Å². The Bertz CT molecular complexity index is 2880. The first-order valence-corrected chi connectivity index (χ1v) is 19.5.